The minimum atomic E-state index is 0.375. The number of nitrogens with zero attached hydrogens (tertiary/aromatic N) is 1. The summed E-state index contributed by atoms with van der Waals surface area (Å²) < 4.78 is 0. The number of nitrogens with one attached hydrogen (secondary N) is 2. The summed E-state index contributed by atoms with van der Waals surface area (Å²) in [4.78, 5) is 7.95. The Balaban J connectivity index is 1.97. The van der Waals surface area contributed by atoms with Crippen molar-refractivity contribution in [3.05, 3.63) is 29.0 Å². The Labute approximate surface area is 99.2 Å². The number of hydrogen-bond acceptors (Lipinski definition) is 2. The van der Waals surface area contributed by atoms with Gasteiger partial charge in [-0.05, 0) is 37.6 Å². The topological polar surface area (TPSA) is 40.7 Å². The van der Waals surface area contributed by atoms with Crippen LogP contribution in [0.1, 0.15) is 31.1 Å². The van der Waals surface area contributed by atoms with Gasteiger partial charge in [0.1, 0.15) is 5.82 Å². The Bertz CT molecular complexity index is 500. The maximum atomic E-state index is 5.95. The minimum Gasteiger partial charge on any atom is -0.341 e. The molecular weight excluding hydrogens is 222 g/mol. The highest BCUT2D eigenvalue weighted by Gasteiger charge is 2.17. The number of halogens is 1. The van der Waals surface area contributed by atoms with Crippen molar-refractivity contribution in [1.82, 2.24) is 15.3 Å². The number of aromatic nitrogens is 2. The third kappa shape index (κ3) is 1.81. The highest BCUT2D eigenvalue weighted by Crippen LogP contribution is 2.24. The third-order valence-electron chi connectivity index (χ3n) is 3.10. The molecule has 84 valence electrons. The van der Waals surface area contributed by atoms with Crippen molar-refractivity contribution in [3.63, 3.8) is 0 Å². The number of aromatic amines is 1. The number of hydrogen-bond donors (Lipinski definition) is 2. The summed E-state index contributed by atoms with van der Waals surface area (Å²) in [6.07, 6.45) is 3.70. The highest BCUT2D eigenvalue weighted by molar-refractivity contribution is 6.31. The van der Waals surface area contributed by atoms with Crippen molar-refractivity contribution >= 4 is 22.6 Å². The molecule has 0 bridgehead atoms. The molecule has 1 saturated heterocycles. The molecule has 1 aromatic carbocycles. The lowest BCUT2D eigenvalue weighted by Gasteiger charge is -2.21. The maximum Gasteiger partial charge on any atom is 0.124 e. The van der Waals surface area contributed by atoms with Crippen molar-refractivity contribution in [2.45, 2.75) is 25.3 Å². The molecule has 1 aliphatic heterocycles. The molecule has 0 amide bonds. The van der Waals surface area contributed by atoms with Gasteiger partial charge in [0, 0.05) is 5.02 Å². The number of piperidine rings is 1. The van der Waals surface area contributed by atoms with E-state index >= 15 is 0 Å². The maximum absolute atomic E-state index is 5.95. The molecule has 2 heterocycles. The Morgan fingerprint density at radius 1 is 1.31 bits per heavy atom. The zero-order chi connectivity index (χ0) is 11.0. The first-order valence-electron chi connectivity index (χ1n) is 5.71. The zero-order valence-electron chi connectivity index (χ0n) is 8.96. The van der Waals surface area contributed by atoms with Crippen LogP contribution in [0, 0.1) is 0 Å². The van der Waals surface area contributed by atoms with Crippen molar-refractivity contribution in [2.75, 3.05) is 6.54 Å². The van der Waals surface area contributed by atoms with Gasteiger partial charge in [0.05, 0.1) is 17.1 Å². The number of imidazole rings is 1. The molecule has 1 unspecified atom stereocenters. The second-order valence-corrected chi connectivity index (χ2v) is 4.72. The smallest absolute Gasteiger partial charge is 0.124 e. The summed E-state index contributed by atoms with van der Waals surface area (Å²) in [6, 6.07) is 6.14. The second-order valence-electron chi connectivity index (χ2n) is 4.29. The van der Waals surface area contributed by atoms with Crippen molar-refractivity contribution in [2.24, 2.45) is 0 Å². The van der Waals surface area contributed by atoms with Crippen LogP contribution in [0.3, 0.4) is 0 Å². The highest BCUT2D eigenvalue weighted by atomic mass is 35.5. The summed E-state index contributed by atoms with van der Waals surface area (Å²) in [5, 5.41) is 4.23. The Kier molecular flexibility index (Phi) is 2.58. The molecule has 1 fully saturated rings. The van der Waals surface area contributed by atoms with Gasteiger partial charge in [-0.15, -0.1) is 0 Å². The van der Waals surface area contributed by atoms with Gasteiger partial charge >= 0.3 is 0 Å². The number of H-pyrrole nitrogens is 1. The summed E-state index contributed by atoms with van der Waals surface area (Å²) in [7, 11) is 0. The third-order valence-corrected chi connectivity index (χ3v) is 3.34. The molecule has 1 aromatic heterocycles. The molecular formula is C12H14ClN3. The molecule has 4 heteroatoms. The fourth-order valence-corrected chi connectivity index (χ4v) is 2.42. The van der Waals surface area contributed by atoms with E-state index in [0.717, 1.165) is 34.8 Å². The first-order chi connectivity index (χ1) is 7.83. The van der Waals surface area contributed by atoms with Crippen LogP contribution >= 0.6 is 11.6 Å². The van der Waals surface area contributed by atoms with Crippen molar-refractivity contribution in [1.29, 1.82) is 0 Å². The van der Waals surface area contributed by atoms with E-state index < -0.39 is 0 Å². The fraction of sp³-hybridized carbons (Fsp3) is 0.417. The Morgan fingerprint density at radius 3 is 3.06 bits per heavy atom. The molecule has 2 aromatic rings. The summed E-state index contributed by atoms with van der Waals surface area (Å²) in [6.45, 7) is 1.09. The average molecular weight is 236 g/mol. The lowest BCUT2D eigenvalue weighted by molar-refractivity contribution is 0.400. The van der Waals surface area contributed by atoms with Gasteiger partial charge in [-0.25, -0.2) is 4.98 Å². The molecule has 0 saturated carbocycles. The van der Waals surface area contributed by atoms with Gasteiger partial charge in [-0.2, -0.15) is 0 Å². The minimum absolute atomic E-state index is 0.375. The quantitative estimate of drug-likeness (QED) is 0.798. The first-order valence-corrected chi connectivity index (χ1v) is 6.09. The molecule has 0 radical (unpaired) electrons. The second kappa shape index (κ2) is 4.07. The van der Waals surface area contributed by atoms with Crippen LogP contribution in [0.4, 0.5) is 0 Å². The lowest BCUT2D eigenvalue weighted by atomic mass is 10.0. The summed E-state index contributed by atoms with van der Waals surface area (Å²) in [5.41, 5.74) is 2.02. The molecule has 0 aliphatic carbocycles. The molecule has 3 nitrogen and oxygen atoms in total. The Hall–Kier alpha value is -1.06. The molecule has 3 rings (SSSR count). The Morgan fingerprint density at radius 2 is 2.25 bits per heavy atom. The number of fused-ring (bicyclic) bond motifs is 1. The number of benzene rings is 1. The van der Waals surface area contributed by atoms with Gasteiger partial charge in [-0.3, -0.25) is 0 Å². The monoisotopic (exact) mass is 235 g/mol. The largest absolute Gasteiger partial charge is 0.341 e. The van der Waals surface area contributed by atoms with Gasteiger partial charge in [-0.1, -0.05) is 18.0 Å². The van der Waals surface area contributed by atoms with E-state index in [9.17, 15) is 0 Å². The fourth-order valence-electron chi connectivity index (χ4n) is 2.25. The van der Waals surface area contributed by atoms with E-state index in [1.54, 1.807) is 0 Å². The average Bonchev–Trinajstić information content (AvgIpc) is 2.73. The van der Waals surface area contributed by atoms with E-state index in [1.807, 2.05) is 18.2 Å². The van der Waals surface area contributed by atoms with E-state index in [-0.39, 0.29) is 0 Å². The van der Waals surface area contributed by atoms with E-state index in [2.05, 4.69) is 15.3 Å². The first kappa shape index (κ1) is 10.1. The van der Waals surface area contributed by atoms with Crippen LogP contribution in [-0.4, -0.2) is 16.5 Å². The number of rotatable bonds is 1. The predicted octanol–water partition coefficient (Wildman–Crippen LogP) is 3.03. The molecule has 0 spiro atoms. The molecule has 1 atom stereocenters. The standard InChI is InChI=1S/C12H14ClN3/c13-8-4-5-9-11(7-8)16-12(15-9)10-3-1-2-6-14-10/h4-5,7,10,14H,1-3,6H2,(H,15,16). The zero-order valence-corrected chi connectivity index (χ0v) is 9.72. The van der Waals surface area contributed by atoms with Crippen LogP contribution in [0.25, 0.3) is 11.0 Å². The van der Waals surface area contributed by atoms with Crippen molar-refractivity contribution < 1.29 is 0 Å². The van der Waals surface area contributed by atoms with E-state index in [0.29, 0.717) is 6.04 Å². The van der Waals surface area contributed by atoms with Gasteiger partial charge in [0.2, 0.25) is 0 Å². The molecule has 2 N–H and O–H groups in total. The van der Waals surface area contributed by atoms with Crippen LogP contribution in [0.15, 0.2) is 18.2 Å². The van der Waals surface area contributed by atoms with Crippen LogP contribution in [0.5, 0.6) is 0 Å². The van der Waals surface area contributed by atoms with Crippen LogP contribution in [-0.2, 0) is 0 Å². The van der Waals surface area contributed by atoms with Gasteiger partial charge in [0.15, 0.2) is 0 Å². The van der Waals surface area contributed by atoms with Gasteiger partial charge in [0.25, 0.3) is 0 Å². The molecule has 1 aliphatic rings. The SMILES string of the molecule is Clc1ccc2nc(C3CCCCN3)[nH]c2c1. The predicted molar refractivity (Wildman–Crippen MR) is 65.7 cm³/mol. The normalized spacial score (nSPS) is 21.4. The van der Waals surface area contributed by atoms with Crippen molar-refractivity contribution in [3.8, 4) is 0 Å². The summed E-state index contributed by atoms with van der Waals surface area (Å²) >= 11 is 5.95. The molecule has 16 heavy (non-hydrogen) atoms. The van der Waals surface area contributed by atoms with Crippen LogP contribution in [0.2, 0.25) is 5.02 Å². The summed E-state index contributed by atoms with van der Waals surface area (Å²) in [5.74, 6) is 1.04. The van der Waals surface area contributed by atoms with E-state index in [1.165, 1.54) is 12.8 Å². The van der Waals surface area contributed by atoms with Gasteiger partial charge < -0.3 is 10.3 Å². The van der Waals surface area contributed by atoms with E-state index in [4.69, 9.17) is 11.6 Å². The van der Waals surface area contributed by atoms with Crippen LogP contribution < -0.4 is 5.32 Å². The lowest BCUT2D eigenvalue weighted by Crippen LogP contribution is -2.27.